The lowest BCUT2D eigenvalue weighted by Crippen LogP contribution is -2.12. The molecule has 7 heteroatoms. The molecule has 35 heavy (non-hydrogen) atoms. The lowest BCUT2D eigenvalue weighted by atomic mass is 9.90. The van der Waals surface area contributed by atoms with Crippen LogP contribution in [0.5, 0.6) is 0 Å². The van der Waals surface area contributed by atoms with Crippen LogP contribution in [0, 0.1) is 0 Å². The number of benzene rings is 2. The van der Waals surface area contributed by atoms with Crippen molar-refractivity contribution in [3.8, 4) is 11.3 Å². The fourth-order valence-corrected chi connectivity index (χ4v) is 6.39. The lowest BCUT2D eigenvalue weighted by molar-refractivity contribution is 0.589. The highest BCUT2D eigenvalue weighted by Gasteiger charge is 2.24. The van der Waals surface area contributed by atoms with Crippen molar-refractivity contribution >= 4 is 49.1 Å². The molecule has 0 saturated heterocycles. The maximum Gasteiger partial charge on any atom is 0.269 e. The molecular formula is C28H22ClN3O2S. The molecule has 0 radical (unpaired) electrons. The topological polar surface area (TPSA) is 64.8 Å². The Hall–Kier alpha value is -3.48. The zero-order valence-corrected chi connectivity index (χ0v) is 20.4. The predicted molar refractivity (Wildman–Crippen MR) is 141 cm³/mol. The number of para-hydroxylation sites is 1. The van der Waals surface area contributed by atoms with Gasteiger partial charge in [0.15, 0.2) is 5.65 Å². The maximum absolute atomic E-state index is 13.5. The van der Waals surface area contributed by atoms with Crippen LogP contribution in [0.25, 0.3) is 38.8 Å². The van der Waals surface area contributed by atoms with Crippen LogP contribution in [-0.2, 0) is 10.0 Å². The van der Waals surface area contributed by atoms with Gasteiger partial charge in [0.2, 0.25) is 0 Å². The standard InChI is InChI=1S/C28H22ClN3O2S/c29-25-15-7-13-21-23(19-9-3-1-4-10-19)17-26(31-27(21)25)24-18-32(28-22(24)14-8-16-30-28)35(33,34)20-11-5-2-6-12-20/h2,5-9,11-18H,1,3-4,10H2. The Morgan fingerprint density at radius 2 is 1.71 bits per heavy atom. The second kappa shape index (κ2) is 8.63. The van der Waals surface area contributed by atoms with Crippen molar-refractivity contribution in [2.75, 3.05) is 0 Å². The lowest BCUT2D eigenvalue weighted by Gasteiger charge is -2.16. The van der Waals surface area contributed by atoms with Crippen LogP contribution in [0.3, 0.4) is 0 Å². The zero-order valence-electron chi connectivity index (χ0n) is 18.9. The highest BCUT2D eigenvalue weighted by molar-refractivity contribution is 7.90. The number of halogens is 1. The third-order valence-electron chi connectivity index (χ3n) is 6.54. The zero-order chi connectivity index (χ0) is 24.0. The van der Waals surface area contributed by atoms with Crippen molar-refractivity contribution in [1.29, 1.82) is 0 Å². The van der Waals surface area contributed by atoms with Crippen LogP contribution in [-0.4, -0.2) is 22.4 Å². The van der Waals surface area contributed by atoms with Crippen LogP contribution in [0.15, 0.2) is 90.1 Å². The van der Waals surface area contributed by atoms with Gasteiger partial charge < -0.3 is 0 Å². The van der Waals surface area contributed by atoms with E-state index in [1.807, 2.05) is 30.3 Å². The predicted octanol–water partition coefficient (Wildman–Crippen LogP) is 7.10. The van der Waals surface area contributed by atoms with E-state index in [0.29, 0.717) is 27.4 Å². The van der Waals surface area contributed by atoms with E-state index >= 15 is 0 Å². The molecule has 3 aromatic heterocycles. The van der Waals surface area contributed by atoms with Gasteiger partial charge in [0.1, 0.15) is 0 Å². The third kappa shape index (κ3) is 3.74. The summed E-state index contributed by atoms with van der Waals surface area (Å²) in [6.07, 6.45) is 9.91. The van der Waals surface area contributed by atoms with E-state index in [1.54, 1.807) is 42.7 Å². The Bertz CT molecular complexity index is 1720. The van der Waals surface area contributed by atoms with Crippen LogP contribution in [0.1, 0.15) is 31.2 Å². The van der Waals surface area contributed by atoms with Gasteiger partial charge in [-0.25, -0.2) is 22.4 Å². The van der Waals surface area contributed by atoms with Crippen molar-refractivity contribution in [1.82, 2.24) is 13.9 Å². The van der Waals surface area contributed by atoms with E-state index in [9.17, 15) is 8.42 Å². The van der Waals surface area contributed by atoms with Crippen molar-refractivity contribution in [3.63, 3.8) is 0 Å². The number of fused-ring (bicyclic) bond motifs is 2. The highest BCUT2D eigenvalue weighted by atomic mass is 35.5. The molecule has 5 aromatic rings. The van der Waals surface area contributed by atoms with Crippen molar-refractivity contribution in [2.24, 2.45) is 0 Å². The van der Waals surface area contributed by atoms with Gasteiger partial charge >= 0.3 is 0 Å². The molecule has 2 aromatic carbocycles. The number of rotatable bonds is 4. The van der Waals surface area contributed by atoms with Gasteiger partial charge in [-0.05, 0) is 73.2 Å². The summed E-state index contributed by atoms with van der Waals surface area (Å²) in [5.74, 6) is 0. The quantitative estimate of drug-likeness (QED) is 0.264. The summed E-state index contributed by atoms with van der Waals surface area (Å²) < 4.78 is 28.3. The first-order chi connectivity index (χ1) is 17.0. The van der Waals surface area contributed by atoms with Crippen LogP contribution in [0.4, 0.5) is 0 Å². The fraction of sp³-hybridized carbons (Fsp3) is 0.143. The van der Waals surface area contributed by atoms with E-state index in [0.717, 1.165) is 35.6 Å². The summed E-state index contributed by atoms with van der Waals surface area (Å²) in [4.78, 5) is 9.56. The first-order valence-corrected chi connectivity index (χ1v) is 13.4. The van der Waals surface area contributed by atoms with Crippen LogP contribution >= 0.6 is 11.6 Å². The second-order valence-corrected chi connectivity index (χ2v) is 10.9. The van der Waals surface area contributed by atoms with Gasteiger partial charge in [-0.3, -0.25) is 0 Å². The molecule has 0 saturated carbocycles. The highest BCUT2D eigenvalue weighted by Crippen LogP contribution is 2.38. The summed E-state index contributed by atoms with van der Waals surface area (Å²) in [6.45, 7) is 0. The molecular weight excluding hydrogens is 478 g/mol. The number of pyridine rings is 2. The molecule has 5 nitrogen and oxygen atoms in total. The summed E-state index contributed by atoms with van der Waals surface area (Å²) in [6, 6.07) is 20.0. The number of hydrogen-bond donors (Lipinski definition) is 0. The number of nitrogens with zero attached hydrogens (tertiary/aromatic N) is 3. The molecule has 0 fully saturated rings. The van der Waals surface area contributed by atoms with Gasteiger partial charge in [0, 0.05) is 28.7 Å². The first kappa shape index (κ1) is 22.0. The molecule has 174 valence electrons. The van der Waals surface area contributed by atoms with Gasteiger partial charge in [0.25, 0.3) is 10.0 Å². The first-order valence-electron chi connectivity index (χ1n) is 11.6. The summed E-state index contributed by atoms with van der Waals surface area (Å²) in [5.41, 5.74) is 4.84. The molecule has 1 aliphatic carbocycles. The van der Waals surface area contributed by atoms with E-state index in [1.165, 1.54) is 16.0 Å². The molecule has 0 aliphatic heterocycles. The third-order valence-corrected chi connectivity index (χ3v) is 8.50. The van der Waals surface area contributed by atoms with Gasteiger partial charge in [-0.15, -0.1) is 0 Å². The van der Waals surface area contributed by atoms with Gasteiger partial charge in [0.05, 0.1) is 21.1 Å². The Morgan fingerprint density at radius 3 is 2.51 bits per heavy atom. The Labute approximate surface area is 208 Å². The average Bonchev–Trinajstić information content (AvgIpc) is 3.30. The van der Waals surface area contributed by atoms with Crippen LogP contribution < -0.4 is 0 Å². The van der Waals surface area contributed by atoms with Gasteiger partial charge in [-0.2, -0.15) is 0 Å². The Balaban J connectivity index is 1.63. The van der Waals surface area contributed by atoms with Crippen molar-refractivity contribution < 1.29 is 8.42 Å². The monoisotopic (exact) mass is 499 g/mol. The maximum atomic E-state index is 13.5. The Kier molecular flexibility index (Phi) is 5.43. The number of allylic oxidation sites excluding steroid dienone is 2. The van der Waals surface area contributed by atoms with Gasteiger partial charge in [-0.1, -0.05) is 48.0 Å². The fourth-order valence-electron chi connectivity index (χ4n) is 4.82. The molecule has 0 amide bonds. The summed E-state index contributed by atoms with van der Waals surface area (Å²) in [7, 11) is -3.85. The van der Waals surface area contributed by atoms with Crippen molar-refractivity contribution in [3.05, 3.63) is 95.8 Å². The van der Waals surface area contributed by atoms with E-state index in [2.05, 4.69) is 17.1 Å². The molecule has 0 N–H and O–H groups in total. The molecule has 6 rings (SSSR count). The summed E-state index contributed by atoms with van der Waals surface area (Å²) in [5, 5.41) is 2.29. The minimum atomic E-state index is -3.85. The van der Waals surface area contributed by atoms with E-state index in [4.69, 9.17) is 16.6 Å². The molecule has 3 heterocycles. The molecule has 0 spiro atoms. The normalized spacial score (nSPS) is 14.4. The van der Waals surface area contributed by atoms with Crippen molar-refractivity contribution in [2.45, 2.75) is 30.6 Å². The molecule has 0 unspecified atom stereocenters. The average molecular weight is 500 g/mol. The molecule has 0 bridgehead atoms. The molecule has 0 atom stereocenters. The number of hydrogen-bond acceptors (Lipinski definition) is 4. The van der Waals surface area contributed by atoms with E-state index < -0.39 is 10.0 Å². The largest absolute Gasteiger partial charge is 0.269 e. The Morgan fingerprint density at radius 1 is 0.886 bits per heavy atom. The SMILES string of the molecule is O=S(=O)(c1ccccc1)n1cc(-c2cc(C3=CCCCC3)c3cccc(Cl)c3n2)c2cccnc21. The smallest absolute Gasteiger partial charge is 0.246 e. The minimum Gasteiger partial charge on any atom is -0.246 e. The van der Waals surface area contributed by atoms with E-state index in [-0.39, 0.29) is 4.90 Å². The number of aromatic nitrogens is 3. The summed E-state index contributed by atoms with van der Waals surface area (Å²) >= 11 is 6.61. The second-order valence-electron chi connectivity index (χ2n) is 8.70. The van der Waals surface area contributed by atoms with Crippen LogP contribution in [0.2, 0.25) is 5.02 Å². The molecule has 1 aliphatic rings. The minimum absolute atomic E-state index is 0.205.